The second-order valence-corrected chi connectivity index (χ2v) is 8.07. The minimum absolute atomic E-state index is 0.126. The van der Waals surface area contributed by atoms with Crippen LogP contribution >= 0.6 is 0 Å². The van der Waals surface area contributed by atoms with E-state index in [4.69, 9.17) is 9.47 Å². The fraction of sp³-hybridized carbons (Fsp3) is 0.280. The van der Waals surface area contributed by atoms with Gasteiger partial charge in [0.1, 0.15) is 28.4 Å². The number of rotatable bonds is 7. The third-order valence-corrected chi connectivity index (χ3v) is 5.75. The molecule has 0 atom stereocenters. The van der Waals surface area contributed by atoms with Crippen molar-refractivity contribution in [2.24, 2.45) is 0 Å². The van der Waals surface area contributed by atoms with Crippen molar-refractivity contribution in [2.45, 2.75) is 31.2 Å². The minimum atomic E-state index is -0.900. The molecule has 1 saturated carbocycles. The Morgan fingerprint density at radius 2 is 1.94 bits per heavy atom. The van der Waals surface area contributed by atoms with Crippen molar-refractivity contribution in [3.8, 4) is 28.8 Å². The van der Waals surface area contributed by atoms with Crippen LogP contribution in [0.2, 0.25) is 0 Å². The summed E-state index contributed by atoms with van der Waals surface area (Å²) in [4.78, 5) is 25.4. The number of methoxy groups -OCH3 is 1. The van der Waals surface area contributed by atoms with Crippen LogP contribution in [-0.4, -0.2) is 40.9 Å². The van der Waals surface area contributed by atoms with Crippen LogP contribution in [0.15, 0.2) is 54.7 Å². The van der Waals surface area contributed by atoms with Gasteiger partial charge in [0.15, 0.2) is 6.61 Å². The van der Waals surface area contributed by atoms with Gasteiger partial charge in [-0.05, 0) is 62.1 Å². The van der Waals surface area contributed by atoms with Crippen LogP contribution in [0.3, 0.4) is 0 Å². The summed E-state index contributed by atoms with van der Waals surface area (Å²) in [5, 5.41) is 16.6. The van der Waals surface area contributed by atoms with Crippen LogP contribution in [0.4, 0.5) is 4.39 Å². The topological polar surface area (TPSA) is 106 Å². The van der Waals surface area contributed by atoms with Gasteiger partial charge in [-0.1, -0.05) is 12.1 Å². The molecule has 1 aromatic heterocycles. The fourth-order valence-corrected chi connectivity index (χ4v) is 3.99. The number of hydrogen-bond donors (Lipinski definition) is 1. The standard InChI is InChI=1S/C25H23FN4O4/c1-33-20-6-4-5-17(13-20)23-21(14-30(29-23)19-9-7-18(26)8-10-19)24(32)34-15-22(31)28-25(16-27)11-2-3-12-25/h4-10,13-14H,2-3,11-12,15H2,1H3,(H,28,31). The van der Waals surface area contributed by atoms with Gasteiger partial charge in [-0.15, -0.1) is 0 Å². The number of nitrogens with one attached hydrogen (secondary N) is 1. The number of benzene rings is 2. The molecule has 2 aromatic carbocycles. The van der Waals surface area contributed by atoms with Crippen molar-refractivity contribution >= 4 is 11.9 Å². The molecule has 1 aliphatic carbocycles. The molecule has 0 spiro atoms. The zero-order chi connectivity index (χ0) is 24.1. The molecule has 1 fully saturated rings. The van der Waals surface area contributed by atoms with Crippen LogP contribution < -0.4 is 10.1 Å². The summed E-state index contributed by atoms with van der Waals surface area (Å²) in [6.07, 6.45) is 4.34. The van der Waals surface area contributed by atoms with E-state index in [9.17, 15) is 19.2 Å². The molecule has 1 N–H and O–H groups in total. The number of hydrogen-bond acceptors (Lipinski definition) is 6. The van der Waals surface area contributed by atoms with Gasteiger partial charge < -0.3 is 14.8 Å². The Kier molecular flexibility index (Phi) is 6.59. The summed E-state index contributed by atoms with van der Waals surface area (Å²) in [5.41, 5.74) is 0.688. The third-order valence-electron chi connectivity index (χ3n) is 5.75. The Morgan fingerprint density at radius 1 is 1.21 bits per heavy atom. The minimum Gasteiger partial charge on any atom is -0.497 e. The lowest BCUT2D eigenvalue weighted by molar-refractivity contribution is -0.125. The van der Waals surface area contributed by atoms with E-state index in [-0.39, 0.29) is 5.56 Å². The quantitative estimate of drug-likeness (QED) is 0.536. The number of nitriles is 1. The highest BCUT2D eigenvalue weighted by Gasteiger charge is 2.35. The largest absolute Gasteiger partial charge is 0.497 e. The summed E-state index contributed by atoms with van der Waals surface area (Å²) in [6, 6.07) is 14.8. The molecule has 0 radical (unpaired) electrons. The molecule has 1 aliphatic rings. The number of amides is 1. The predicted octanol–water partition coefficient (Wildman–Crippen LogP) is 3.80. The molecular weight excluding hydrogens is 439 g/mol. The highest BCUT2D eigenvalue weighted by Crippen LogP contribution is 2.29. The van der Waals surface area contributed by atoms with Gasteiger partial charge in [0, 0.05) is 11.8 Å². The number of esters is 1. The summed E-state index contributed by atoms with van der Waals surface area (Å²) < 4.78 is 25.3. The van der Waals surface area contributed by atoms with Gasteiger partial charge in [0.25, 0.3) is 5.91 Å². The van der Waals surface area contributed by atoms with Crippen molar-refractivity contribution in [3.63, 3.8) is 0 Å². The summed E-state index contributed by atoms with van der Waals surface area (Å²) in [6.45, 7) is -0.526. The van der Waals surface area contributed by atoms with Crippen molar-refractivity contribution in [2.75, 3.05) is 13.7 Å². The van der Waals surface area contributed by atoms with E-state index >= 15 is 0 Å². The summed E-state index contributed by atoms with van der Waals surface area (Å²) in [7, 11) is 1.53. The molecule has 8 nitrogen and oxygen atoms in total. The van der Waals surface area contributed by atoms with Crippen molar-refractivity contribution < 1.29 is 23.5 Å². The highest BCUT2D eigenvalue weighted by molar-refractivity contribution is 5.97. The van der Waals surface area contributed by atoms with Gasteiger partial charge in [-0.3, -0.25) is 4.79 Å². The summed E-state index contributed by atoms with van der Waals surface area (Å²) >= 11 is 0. The maximum Gasteiger partial charge on any atom is 0.342 e. The molecule has 1 heterocycles. The van der Waals surface area contributed by atoms with E-state index in [0.717, 1.165) is 12.8 Å². The van der Waals surface area contributed by atoms with Gasteiger partial charge in [0.05, 0.1) is 18.9 Å². The Bertz CT molecular complexity index is 1240. The van der Waals surface area contributed by atoms with E-state index < -0.39 is 29.8 Å². The number of carbonyl (C=O) groups is 2. The van der Waals surface area contributed by atoms with Crippen LogP contribution in [0, 0.1) is 17.1 Å². The number of nitrogens with zero attached hydrogens (tertiary/aromatic N) is 3. The first-order valence-electron chi connectivity index (χ1n) is 10.8. The van der Waals surface area contributed by atoms with Gasteiger partial charge in [-0.25, -0.2) is 13.9 Å². The Labute approximate surface area is 195 Å². The zero-order valence-corrected chi connectivity index (χ0v) is 18.6. The molecule has 0 bridgehead atoms. The smallest absolute Gasteiger partial charge is 0.342 e. The summed E-state index contributed by atoms with van der Waals surface area (Å²) in [5.74, 6) is -1.11. The molecule has 4 rings (SSSR count). The molecule has 1 amide bonds. The molecule has 34 heavy (non-hydrogen) atoms. The Hall–Kier alpha value is -4.19. The van der Waals surface area contributed by atoms with E-state index in [2.05, 4.69) is 16.5 Å². The number of halogens is 1. The first-order chi connectivity index (χ1) is 16.4. The second kappa shape index (κ2) is 9.75. The molecule has 174 valence electrons. The second-order valence-electron chi connectivity index (χ2n) is 8.07. The molecule has 0 saturated heterocycles. The molecule has 0 aliphatic heterocycles. The third kappa shape index (κ3) is 4.91. The molecule has 9 heteroatoms. The van der Waals surface area contributed by atoms with E-state index in [1.807, 2.05) is 0 Å². The Balaban J connectivity index is 1.58. The predicted molar refractivity (Wildman–Crippen MR) is 121 cm³/mol. The normalized spacial score (nSPS) is 14.3. The van der Waals surface area contributed by atoms with Crippen LogP contribution in [0.1, 0.15) is 36.0 Å². The first-order valence-corrected chi connectivity index (χ1v) is 10.8. The van der Waals surface area contributed by atoms with Crippen LogP contribution in [0.25, 0.3) is 16.9 Å². The van der Waals surface area contributed by atoms with Crippen molar-refractivity contribution in [1.82, 2.24) is 15.1 Å². The lowest BCUT2D eigenvalue weighted by Crippen LogP contribution is -2.46. The van der Waals surface area contributed by atoms with Crippen molar-refractivity contribution in [3.05, 3.63) is 66.1 Å². The fourth-order valence-electron chi connectivity index (χ4n) is 3.99. The van der Waals surface area contributed by atoms with E-state index in [0.29, 0.717) is 35.5 Å². The maximum absolute atomic E-state index is 13.4. The monoisotopic (exact) mass is 462 g/mol. The average molecular weight is 462 g/mol. The number of ether oxygens (including phenoxy) is 2. The van der Waals surface area contributed by atoms with Gasteiger partial charge in [-0.2, -0.15) is 10.4 Å². The average Bonchev–Trinajstić information content (AvgIpc) is 3.51. The molecule has 0 unspecified atom stereocenters. The number of carbonyl (C=O) groups excluding carboxylic acids is 2. The maximum atomic E-state index is 13.4. The van der Waals surface area contributed by atoms with E-state index in [1.54, 1.807) is 24.3 Å². The van der Waals surface area contributed by atoms with Crippen LogP contribution in [0.5, 0.6) is 5.75 Å². The molecule has 3 aromatic rings. The number of aromatic nitrogens is 2. The lowest BCUT2D eigenvalue weighted by Gasteiger charge is -2.21. The van der Waals surface area contributed by atoms with Gasteiger partial charge in [0.2, 0.25) is 0 Å². The Morgan fingerprint density at radius 3 is 2.62 bits per heavy atom. The van der Waals surface area contributed by atoms with E-state index in [1.165, 1.54) is 42.3 Å². The molecular formula is C25H23FN4O4. The zero-order valence-electron chi connectivity index (χ0n) is 18.6. The first kappa shape index (κ1) is 23.0. The lowest BCUT2D eigenvalue weighted by atomic mass is 10.00. The highest BCUT2D eigenvalue weighted by atomic mass is 19.1. The SMILES string of the molecule is COc1cccc(-c2nn(-c3ccc(F)cc3)cc2C(=O)OCC(=O)NC2(C#N)CCCC2)c1. The van der Waals surface area contributed by atoms with Crippen LogP contribution in [-0.2, 0) is 9.53 Å². The van der Waals surface area contributed by atoms with Gasteiger partial charge >= 0.3 is 5.97 Å². The van der Waals surface area contributed by atoms with Crippen molar-refractivity contribution in [1.29, 1.82) is 5.26 Å².